The van der Waals surface area contributed by atoms with Gasteiger partial charge in [-0.25, -0.2) is 4.98 Å². The van der Waals surface area contributed by atoms with Crippen molar-refractivity contribution in [2.24, 2.45) is 0 Å². The molecule has 0 spiro atoms. The van der Waals surface area contributed by atoms with E-state index in [2.05, 4.69) is 4.90 Å². The summed E-state index contributed by atoms with van der Waals surface area (Å²) in [5, 5.41) is 0. The maximum absolute atomic E-state index is 12.6. The lowest BCUT2D eigenvalue weighted by Crippen LogP contribution is -2.28. The molecule has 3 rings (SSSR count). The summed E-state index contributed by atoms with van der Waals surface area (Å²) in [6.45, 7) is 4.26. The van der Waals surface area contributed by atoms with Crippen molar-refractivity contribution >= 4 is 5.65 Å². The van der Waals surface area contributed by atoms with E-state index in [1.807, 2.05) is 31.2 Å². The quantitative estimate of drug-likeness (QED) is 0.492. The number of methoxy groups -OCH3 is 4. The van der Waals surface area contributed by atoms with Gasteiger partial charge >= 0.3 is 0 Å². The zero-order valence-corrected chi connectivity index (χ0v) is 18.7. The van der Waals surface area contributed by atoms with E-state index in [0.29, 0.717) is 54.8 Å². The van der Waals surface area contributed by atoms with Crippen molar-refractivity contribution in [3.8, 4) is 17.2 Å². The fraction of sp³-hybridized carbons (Fsp3) is 0.391. The first-order valence-corrected chi connectivity index (χ1v) is 9.98. The van der Waals surface area contributed by atoms with Crippen molar-refractivity contribution in [2.45, 2.75) is 20.0 Å². The topological polar surface area (TPSA) is 74.5 Å². The van der Waals surface area contributed by atoms with Gasteiger partial charge < -0.3 is 18.9 Å². The highest BCUT2D eigenvalue weighted by molar-refractivity contribution is 5.53. The van der Waals surface area contributed by atoms with E-state index in [1.54, 1.807) is 45.1 Å². The van der Waals surface area contributed by atoms with Crippen LogP contribution in [0.1, 0.15) is 16.8 Å². The van der Waals surface area contributed by atoms with Gasteiger partial charge in [0, 0.05) is 39.0 Å². The summed E-state index contributed by atoms with van der Waals surface area (Å²) >= 11 is 0. The summed E-state index contributed by atoms with van der Waals surface area (Å²) in [5.41, 5.74) is 3.23. The third-order valence-electron chi connectivity index (χ3n) is 5.07. The van der Waals surface area contributed by atoms with Crippen LogP contribution in [0.5, 0.6) is 17.2 Å². The van der Waals surface area contributed by atoms with Gasteiger partial charge in [-0.1, -0.05) is 6.07 Å². The van der Waals surface area contributed by atoms with Crippen molar-refractivity contribution in [1.82, 2.24) is 14.3 Å². The predicted octanol–water partition coefficient (Wildman–Crippen LogP) is 2.68. The number of ether oxygens (including phenoxy) is 4. The number of hydrogen-bond acceptors (Lipinski definition) is 7. The van der Waals surface area contributed by atoms with Crippen LogP contribution in [0.4, 0.5) is 0 Å². The molecule has 0 amide bonds. The van der Waals surface area contributed by atoms with Crippen molar-refractivity contribution in [3.05, 3.63) is 63.7 Å². The van der Waals surface area contributed by atoms with E-state index < -0.39 is 0 Å². The number of aromatic nitrogens is 2. The molecule has 0 aliphatic rings. The summed E-state index contributed by atoms with van der Waals surface area (Å²) in [5.74, 6) is 1.75. The lowest BCUT2D eigenvalue weighted by atomic mass is 10.1. The molecule has 0 unspecified atom stereocenters. The minimum absolute atomic E-state index is 0.0943. The number of aryl methyl sites for hydroxylation is 1. The van der Waals surface area contributed by atoms with Crippen molar-refractivity contribution in [3.63, 3.8) is 0 Å². The number of pyridine rings is 1. The maximum Gasteiger partial charge on any atom is 0.258 e. The first-order valence-electron chi connectivity index (χ1n) is 9.98. The smallest absolute Gasteiger partial charge is 0.258 e. The third kappa shape index (κ3) is 5.15. The predicted molar refractivity (Wildman–Crippen MR) is 118 cm³/mol. The minimum Gasteiger partial charge on any atom is -0.493 e. The first kappa shape index (κ1) is 22.6. The summed E-state index contributed by atoms with van der Waals surface area (Å²) in [4.78, 5) is 19.5. The van der Waals surface area contributed by atoms with E-state index in [1.165, 1.54) is 0 Å². The van der Waals surface area contributed by atoms with Gasteiger partial charge in [-0.15, -0.1) is 0 Å². The molecule has 2 heterocycles. The van der Waals surface area contributed by atoms with E-state index in [0.717, 1.165) is 11.1 Å². The zero-order chi connectivity index (χ0) is 22.4. The molecule has 0 N–H and O–H groups in total. The summed E-state index contributed by atoms with van der Waals surface area (Å²) in [7, 11) is 6.44. The molecule has 1 aromatic carbocycles. The van der Waals surface area contributed by atoms with Gasteiger partial charge in [0.1, 0.15) is 5.65 Å². The molecule has 0 atom stereocenters. The number of nitrogens with zero attached hydrogens (tertiary/aromatic N) is 3. The molecule has 0 aliphatic heterocycles. The van der Waals surface area contributed by atoms with Gasteiger partial charge in [0.05, 0.1) is 33.6 Å². The summed E-state index contributed by atoms with van der Waals surface area (Å²) in [6, 6.07) is 9.23. The Morgan fingerprint density at radius 3 is 2.32 bits per heavy atom. The van der Waals surface area contributed by atoms with Crippen LogP contribution < -0.4 is 19.8 Å². The Morgan fingerprint density at radius 2 is 1.71 bits per heavy atom. The van der Waals surface area contributed by atoms with Crippen LogP contribution in [0.15, 0.2) is 41.3 Å². The average Bonchev–Trinajstić information content (AvgIpc) is 2.77. The van der Waals surface area contributed by atoms with E-state index >= 15 is 0 Å². The molecule has 0 bridgehead atoms. The van der Waals surface area contributed by atoms with Crippen molar-refractivity contribution < 1.29 is 18.9 Å². The van der Waals surface area contributed by atoms with Crippen LogP contribution in [0.25, 0.3) is 5.65 Å². The molecular formula is C23H29N3O5. The Morgan fingerprint density at radius 1 is 1.00 bits per heavy atom. The third-order valence-corrected chi connectivity index (χ3v) is 5.07. The van der Waals surface area contributed by atoms with E-state index in [9.17, 15) is 4.79 Å². The fourth-order valence-electron chi connectivity index (χ4n) is 3.54. The second-order valence-corrected chi connectivity index (χ2v) is 7.21. The van der Waals surface area contributed by atoms with Crippen LogP contribution in [-0.2, 0) is 17.8 Å². The Balaban J connectivity index is 1.92. The number of rotatable bonds is 10. The number of hydrogen-bond donors (Lipinski definition) is 0. The second-order valence-electron chi connectivity index (χ2n) is 7.21. The summed E-state index contributed by atoms with van der Waals surface area (Å²) < 4.78 is 23.2. The zero-order valence-electron chi connectivity index (χ0n) is 18.7. The van der Waals surface area contributed by atoms with Crippen molar-refractivity contribution in [2.75, 3.05) is 41.6 Å². The first-order chi connectivity index (χ1) is 15.0. The average molecular weight is 428 g/mol. The highest BCUT2D eigenvalue weighted by atomic mass is 16.5. The molecule has 0 radical (unpaired) electrons. The van der Waals surface area contributed by atoms with Gasteiger partial charge in [0.25, 0.3) is 5.56 Å². The fourth-order valence-corrected chi connectivity index (χ4v) is 3.54. The molecule has 0 fully saturated rings. The largest absolute Gasteiger partial charge is 0.493 e. The Bertz CT molecular complexity index is 1070. The second kappa shape index (κ2) is 10.3. The van der Waals surface area contributed by atoms with Gasteiger partial charge in [-0.3, -0.25) is 14.1 Å². The molecule has 31 heavy (non-hydrogen) atoms. The molecule has 0 saturated carbocycles. The van der Waals surface area contributed by atoms with Gasteiger partial charge in [-0.05, 0) is 36.2 Å². The molecule has 8 nitrogen and oxygen atoms in total. The monoisotopic (exact) mass is 427 g/mol. The van der Waals surface area contributed by atoms with Crippen LogP contribution >= 0.6 is 0 Å². The number of benzene rings is 1. The van der Waals surface area contributed by atoms with Crippen LogP contribution in [-0.4, -0.2) is 55.9 Å². The Hall–Kier alpha value is -3.10. The van der Waals surface area contributed by atoms with Crippen molar-refractivity contribution in [1.29, 1.82) is 0 Å². The van der Waals surface area contributed by atoms with Crippen LogP contribution in [0, 0.1) is 6.92 Å². The highest BCUT2D eigenvalue weighted by Gasteiger charge is 2.16. The highest BCUT2D eigenvalue weighted by Crippen LogP contribution is 2.38. The lowest BCUT2D eigenvalue weighted by Gasteiger charge is -2.23. The van der Waals surface area contributed by atoms with E-state index in [-0.39, 0.29) is 5.56 Å². The molecule has 2 aromatic heterocycles. The molecule has 166 valence electrons. The number of fused-ring (bicyclic) bond motifs is 1. The molecule has 0 saturated heterocycles. The van der Waals surface area contributed by atoms with Crippen LogP contribution in [0.2, 0.25) is 0 Å². The summed E-state index contributed by atoms with van der Waals surface area (Å²) in [6.07, 6.45) is 1.74. The molecule has 0 aliphatic carbocycles. The lowest BCUT2D eigenvalue weighted by molar-refractivity contribution is 0.139. The normalized spacial score (nSPS) is 11.2. The van der Waals surface area contributed by atoms with Gasteiger partial charge in [-0.2, -0.15) is 0 Å². The maximum atomic E-state index is 12.6. The standard InChI is InChI=1S/C23H29N3O5/c1-16-7-6-8-26-21(27)13-18(24-23(16)26)15-25(9-10-28-2)14-17-11-19(29-3)22(31-5)20(12-17)30-4/h6-8,11-13H,9-10,14-15H2,1-5H3. The Labute approximate surface area is 181 Å². The van der Waals surface area contributed by atoms with Gasteiger partial charge in [0.15, 0.2) is 11.5 Å². The molecule has 3 aromatic rings. The molecule has 8 heteroatoms. The van der Waals surface area contributed by atoms with Crippen LogP contribution in [0.3, 0.4) is 0 Å². The minimum atomic E-state index is -0.0943. The van der Waals surface area contributed by atoms with E-state index in [4.69, 9.17) is 23.9 Å². The SMILES string of the molecule is COCCN(Cc1cc(OC)c(OC)c(OC)c1)Cc1cc(=O)n2cccc(C)c2n1. The van der Waals surface area contributed by atoms with Gasteiger partial charge in [0.2, 0.25) is 5.75 Å². The molecular weight excluding hydrogens is 398 g/mol. The Kier molecular flexibility index (Phi) is 7.49.